The number of para-hydroxylation sites is 2. The molecule has 1 aliphatic carbocycles. The van der Waals surface area contributed by atoms with Crippen LogP contribution in [0.25, 0.3) is 22.7 Å². The summed E-state index contributed by atoms with van der Waals surface area (Å²) >= 11 is 0. The second kappa shape index (κ2) is 8.75. The Labute approximate surface area is 198 Å². The van der Waals surface area contributed by atoms with Crippen LogP contribution in [0, 0.1) is 0 Å². The van der Waals surface area contributed by atoms with Crippen LogP contribution in [0.1, 0.15) is 52.9 Å². The van der Waals surface area contributed by atoms with Crippen LogP contribution >= 0.6 is 0 Å². The predicted octanol–water partition coefficient (Wildman–Crippen LogP) is 6.11. The van der Waals surface area contributed by atoms with Gasteiger partial charge in [-0.3, -0.25) is 0 Å². The van der Waals surface area contributed by atoms with Crippen molar-refractivity contribution in [3.63, 3.8) is 0 Å². The highest BCUT2D eigenvalue weighted by atomic mass is 16.4. The monoisotopic (exact) mass is 446 g/mol. The highest BCUT2D eigenvalue weighted by Gasteiger charge is 2.20. The van der Waals surface area contributed by atoms with Gasteiger partial charge in [0.05, 0.1) is 11.0 Å². The number of benzene rings is 3. The number of hydrogen-bond acceptors (Lipinski definition) is 4. The quantitative estimate of drug-likeness (QED) is 0.327. The van der Waals surface area contributed by atoms with Crippen LogP contribution in [0.15, 0.2) is 77.5 Å². The third-order valence-electron chi connectivity index (χ3n) is 6.62. The lowest BCUT2D eigenvalue weighted by atomic mass is 9.92. The van der Waals surface area contributed by atoms with Crippen molar-refractivity contribution in [1.82, 2.24) is 19.7 Å². The van der Waals surface area contributed by atoms with Crippen molar-refractivity contribution in [3.8, 4) is 0 Å². The summed E-state index contributed by atoms with van der Waals surface area (Å²) in [5, 5.41) is 7.96. The Bertz CT molecular complexity index is 1490. The van der Waals surface area contributed by atoms with Gasteiger partial charge in [0.15, 0.2) is 0 Å². The van der Waals surface area contributed by atoms with E-state index in [4.69, 9.17) is 9.40 Å². The SMILES string of the molecule is CCCc1nc2ccccc2n1Cc1ccc2c(c1)CCc1ccccc1C2=Cc1nnco1. The number of aromatic nitrogens is 4. The number of fused-ring (bicyclic) bond motifs is 3. The molecule has 0 aliphatic heterocycles. The Morgan fingerprint density at radius 2 is 1.76 bits per heavy atom. The standard InChI is InChI=1S/C29H26N4O/c1-2-7-28-31-26-10-5-6-11-27(26)33(28)18-20-12-15-24-22(16-20)14-13-21-8-3-4-9-23(21)25(24)17-29-32-30-19-34-29/h3-6,8-12,15-17,19H,2,7,13-14,18H2,1H3. The number of aryl methyl sites for hydroxylation is 3. The summed E-state index contributed by atoms with van der Waals surface area (Å²) in [5.41, 5.74) is 9.86. The molecule has 0 spiro atoms. The fourth-order valence-electron chi connectivity index (χ4n) is 5.05. The molecule has 1 aliphatic rings. The zero-order valence-electron chi connectivity index (χ0n) is 19.2. The van der Waals surface area contributed by atoms with Gasteiger partial charge in [-0.05, 0) is 64.8 Å². The summed E-state index contributed by atoms with van der Waals surface area (Å²) < 4.78 is 7.85. The molecule has 3 aromatic carbocycles. The predicted molar refractivity (Wildman–Crippen MR) is 134 cm³/mol. The van der Waals surface area contributed by atoms with E-state index in [1.165, 1.54) is 39.7 Å². The number of rotatable bonds is 5. The van der Waals surface area contributed by atoms with Gasteiger partial charge in [0.1, 0.15) is 5.82 Å². The van der Waals surface area contributed by atoms with Crippen molar-refractivity contribution in [2.45, 2.75) is 39.2 Å². The molecular weight excluding hydrogens is 420 g/mol. The van der Waals surface area contributed by atoms with Crippen LogP contribution in [-0.2, 0) is 25.8 Å². The van der Waals surface area contributed by atoms with Crippen molar-refractivity contribution in [2.24, 2.45) is 0 Å². The van der Waals surface area contributed by atoms with Gasteiger partial charge in [-0.2, -0.15) is 0 Å². The van der Waals surface area contributed by atoms with Crippen molar-refractivity contribution < 1.29 is 4.42 Å². The molecule has 5 heteroatoms. The fraction of sp³-hybridized carbons (Fsp3) is 0.207. The molecule has 0 radical (unpaired) electrons. The maximum atomic E-state index is 5.47. The van der Waals surface area contributed by atoms with E-state index in [-0.39, 0.29) is 0 Å². The lowest BCUT2D eigenvalue weighted by Crippen LogP contribution is -2.06. The van der Waals surface area contributed by atoms with Crippen molar-refractivity contribution in [3.05, 3.63) is 113 Å². The molecule has 34 heavy (non-hydrogen) atoms. The van der Waals surface area contributed by atoms with E-state index in [0.29, 0.717) is 5.89 Å². The van der Waals surface area contributed by atoms with Crippen LogP contribution in [0.2, 0.25) is 0 Å². The normalized spacial score (nSPS) is 14.2. The summed E-state index contributed by atoms with van der Waals surface area (Å²) in [7, 11) is 0. The Morgan fingerprint density at radius 3 is 2.65 bits per heavy atom. The molecule has 0 fully saturated rings. The fourth-order valence-corrected chi connectivity index (χ4v) is 5.05. The highest BCUT2D eigenvalue weighted by Crippen LogP contribution is 2.35. The van der Waals surface area contributed by atoms with Gasteiger partial charge >= 0.3 is 0 Å². The van der Waals surface area contributed by atoms with Gasteiger partial charge in [0.25, 0.3) is 0 Å². The van der Waals surface area contributed by atoms with Crippen LogP contribution in [0.5, 0.6) is 0 Å². The van der Waals surface area contributed by atoms with Crippen LogP contribution in [0.3, 0.4) is 0 Å². The summed E-state index contributed by atoms with van der Waals surface area (Å²) in [5.74, 6) is 1.68. The van der Waals surface area contributed by atoms with E-state index in [1.54, 1.807) is 0 Å². The summed E-state index contributed by atoms with van der Waals surface area (Å²) in [6.07, 6.45) is 7.44. The zero-order chi connectivity index (χ0) is 22.9. The zero-order valence-corrected chi connectivity index (χ0v) is 19.2. The first-order valence-corrected chi connectivity index (χ1v) is 11.9. The van der Waals surface area contributed by atoms with Crippen molar-refractivity contribution in [1.29, 1.82) is 0 Å². The Balaban J connectivity index is 1.43. The third-order valence-corrected chi connectivity index (χ3v) is 6.62. The van der Waals surface area contributed by atoms with Crippen LogP contribution < -0.4 is 0 Å². The van der Waals surface area contributed by atoms with Gasteiger partial charge in [0.2, 0.25) is 12.3 Å². The van der Waals surface area contributed by atoms with Gasteiger partial charge in [-0.15, -0.1) is 10.2 Å². The molecule has 5 aromatic rings. The maximum absolute atomic E-state index is 5.47. The molecule has 0 saturated carbocycles. The van der Waals surface area contributed by atoms with Crippen molar-refractivity contribution >= 4 is 22.7 Å². The number of hydrogen-bond donors (Lipinski definition) is 0. The number of imidazole rings is 1. The van der Waals surface area contributed by atoms with E-state index in [0.717, 1.165) is 49.1 Å². The molecule has 0 unspecified atom stereocenters. The lowest BCUT2D eigenvalue weighted by molar-refractivity contribution is 0.542. The molecule has 0 amide bonds. The lowest BCUT2D eigenvalue weighted by Gasteiger charge is -2.14. The van der Waals surface area contributed by atoms with Crippen LogP contribution in [0.4, 0.5) is 0 Å². The maximum Gasteiger partial charge on any atom is 0.240 e. The first kappa shape index (κ1) is 20.6. The summed E-state index contributed by atoms with van der Waals surface area (Å²) in [4.78, 5) is 4.91. The molecular formula is C29H26N4O. The Kier molecular flexibility index (Phi) is 5.30. The molecule has 0 atom stereocenters. The van der Waals surface area contributed by atoms with E-state index in [2.05, 4.69) is 88.4 Å². The summed E-state index contributed by atoms with van der Waals surface area (Å²) in [6.45, 7) is 3.03. The minimum absolute atomic E-state index is 0.524. The molecule has 0 N–H and O–H groups in total. The summed E-state index contributed by atoms with van der Waals surface area (Å²) in [6, 6.07) is 23.9. The third kappa shape index (κ3) is 3.73. The minimum atomic E-state index is 0.524. The van der Waals surface area contributed by atoms with E-state index in [9.17, 15) is 0 Å². The minimum Gasteiger partial charge on any atom is -0.424 e. The Hall–Kier alpha value is -3.99. The molecule has 2 heterocycles. The molecule has 5 nitrogen and oxygen atoms in total. The smallest absolute Gasteiger partial charge is 0.240 e. The van der Waals surface area contributed by atoms with Crippen LogP contribution in [-0.4, -0.2) is 19.7 Å². The van der Waals surface area contributed by atoms with Gasteiger partial charge in [0, 0.05) is 19.0 Å². The highest BCUT2D eigenvalue weighted by molar-refractivity contribution is 5.93. The first-order chi connectivity index (χ1) is 16.8. The van der Waals surface area contributed by atoms with Gasteiger partial charge in [-0.25, -0.2) is 4.98 Å². The molecule has 2 aromatic heterocycles. The molecule has 0 bridgehead atoms. The van der Waals surface area contributed by atoms with Crippen molar-refractivity contribution in [2.75, 3.05) is 0 Å². The average Bonchev–Trinajstić information content (AvgIpc) is 3.47. The molecule has 0 saturated heterocycles. The van der Waals surface area contributed by atoms with E-state index in [1.807, 2.05) is 6.08 Å². The average molecular weight is 447 g/mol. The van der Waals surface area contributed by atoms with E-state index < -0.39 is 0 Å². The van der Waals surface area contributed by atoms with Gasteiger partial charge < -0.3 is 8.98 Å². The Morgan fingerprint density at radius 1 is 0.941 bits per heavy atom. The second-order valence-electron chi connectivity index (χ2n) is 8.84. The molecule has 168 valence electrons. The first-order valence-electron chi connectivity index (χ1n) is 11.9. The van der Waals surface area contributed by atoms with Gasteiger partial charge in [-0.1, -0.05) is 61.5 Å². The molecule has 6 rings (SSSR count). The largest absolute Gasteiger partial charge is 0.424 e. The van der Waals surface area contributed by atoms with E-state index >= 15 is 0 Å². The topological polar surface area (TPSA) is 56.7 Å². The second-order valence-corrected chi connectivity index (χ2v) is 8.84. The number of nitrogens with zero attached hydrogens (tertiary/aromatic N) is 4.